The zero-order chi connectivity index (χ0) is 14.5. The predicted octanol–water partition coefficient (Wildman–Crippen LogP) is 2.65. The molecule has 0 spiro atoms. The quantitative estimate of drug-likeness (QED) is 0.841. The Kier molecular flexibility index (Phi) is 5.87. The Labute approximate surface area is 120 Å². The Morgan fingerprint density at radius 3 is 2.84 bits per heavy atom. The van der Waals surface area contributed by atoms with Crippen molar-refractivity contribution in [2.45, 2.75) is 38.6 Å². The molecule has 1 rings (SSSR count). The van der Waals surface area contributed by atoms with Gasteiger partial charge in [0.15, 0.2) is 0 Å². The average molecular weight is 333 g/mol. The Morgan fingerprint density at radius 1 is 1.63 bits per heavy atom. The minimum Gasteiger partial charge on any atom is -0.394 e. The van der Waals surface area contributed by atoms with E-state index in [0.29, 0.717) is 10.9 Å². The second-order valence-electron chi connectivity index (χ2n) is 4.76. The smallest absolute Gasteiger partial charge is 0.271 e. The van der Waals surface area contributed by atoms with Gasteiger partial charge >= 0.3 is 0 Å². The molecule has 106 valence electrons. The van der Waals surface area contributed by atoms with Crippen LogP contribution < -0.4 is 5.32 Å². The fourth-order valence-electron chi connectivity index (χ4n) is 1.66. The molecule has 6 heteroatoms. The number of hydrogen-bond acceptors (Lipinski definition) is 3. The summed E-state index contributed by atoms with van der Waals surface area (Å²) < 4.78 is 13.2. The van der Waals surface area contributed by atoms with E-state index in [2.05, 4.69) is 26.2 Å². The summed E-state index contributed by atoms with van der Waals surface area (Å²) in [4.78, 5) is 15.8. The number of pyridine rings is 1. The van der Waals surface area contributed by atoms with Crippen LogP contribution in [-0.2, 0) is 0 Å². The van der Waals surface area contributed by atoms with Crippen LogP contribution in [0.15, 0.2) is 16.7 Å². The largest absolute Gasteiger partial charge is 0.394 e. The van der Waals surface area contributed by atoms with Gasteiger partial charge in [-0.05, 0) is 35.3 Å². The van der Waals surface area contributed by atoms with Crippen molar-refractivity contribution in [3.8, 4) is 0 Å². The molecule has 0 saturated heterocycles. The molecule has 0 bridgehead atoms. The second-order valence-corrected chi connectivity index (χ2v) is 5.61. The molecule has 1 heterocycles. The van der Waals surface area contributed by atoms with E-state index >= 15 is 0 Å². The zero-order valence-electron chi connectivity index (χ0n) is 11.0. The summed E-state index contributed by atoms with van der Waals surface area (Å²) in [7, 11) is 0. The van der Waals surface area contributed by atoms with Crippen molar-refractivity contribution in [2.24, 2.45) is 0 Å². The molecule has 0 aliphatic heterocycles. The molecule has 0 unspecified atom stereocenters. The Balaban J connectivity index is 2.82. The summed E-state index contributed by atoms with van der Waals surface area (Å²) in [5.41, 5.74) is -0.583. The number of carbonyl (C=O) groups excluding carboxylic acids is 1. The normalized spacial score (nSPS) is 13.9. The number of carbonyl (C=O) groups is 1. The fourth-order valence-corrected chi connectivity index (χ4v) is 2.16. The van der Waals surface area contributed by atoms with E-state index in [4.69, 9.17) is 0 Å². The van der Waals surface area contributed by atoms with E-state index in [-0.39, 0.29) is 12.3 Å². The molecule has 1 aromatic rings. The van der Waals surface area contributed by atoms with Crippen molar-refractivity contribution in [3.05, 3.63) is 28.2 Å². The van der Waals surface area contributed by atoms with Gasteiger partial charge in [-0.25, -0.2) is 9.37 Å². The first-order chi connectivity index (χ1) is 8.91. The summed E-state index contributed by atoms with van der Waals surface area (Å²) in [5, 5.41) is 12.2. The van der Waals surface area contributed by atoms with Crippen molar-refractivity contribution in [3.63, 3.8) is 0 Å². The van der Waals surface area contributed by atoms with Gasteiger partial charge in [-0.15, -0.1) is 0 Å². The fraction of sp³-hybridized carbons (Fsp3) is 0.538. The molecule has 0 fully saturated rings. The number of aromatic nitrogens is 1. The molecular weight excluding hydrogens is 315 g/mol. The Bertz CT molecular complexity index is 456. The van der Waals surface area contributed by atoms with Gasteiger partial charge in [0.25, 0.3) is 5.91 Å². The maximum Gasteiger partial charge on any atom is 0.271 e. The molecular formula is C13H18BrFN2O2. The van der Waals surface area contributed by atoms with Crippen LogP contribution in [0.1, 0.15) is 43.6 Å². The van der Waals surface area contributed by atoms with Crippen molar-refractivity contribution in [1.29, 1.82) is 0 Å². The lowest BCUT2D eigenvalue weighted by atomic mass is 9.95. The second kappa shape index (κ2) is 6.96. The van der Waals surface area contributed by atoms with Crippen molar-refractivity contribution < 1.29 is 14.3 Å². The third-order valence-electron chi connectivity index (χ3n) is 2.87. The molecule has 0 saturated carbocycles. The van der Waals surface area contributed by atoms with Crippen molar-refractivity contribution in [2.75, 3.05) is 6.61 Å². The van der Waals surface area contributed by atoms with Gasteiger partial charge in [0.2, 0.25) is 0 Å². The van der Waals surface area contributed by atoms with Gasteiger partial charge < -0.3 is 10.4 Å². The highest BCUT2D eigenvalue weighted by atomic mass is 79.9. The lowest BCUT2D eigenvalue weighted by Gasteiger charge is -2.28. The van der Waals surface area contributed by atoms with Gasteiger partial charge in [-0.1, -0.05) is 19.8 Å². The minimum absolute atomic E-state index is 0.109. The summed E-state index contributed by atoms with van der Waals surface area (Å²) in [6, 6.07) is 1.18. The highest BCUT2D eigenvalue weighted by molar-refractivity contribution is 9.10. The zero-order valence-corrected chi connectivity index (χ0v) is 12.6. The highest BCUT2D eigenvalue weighted by Gasteiger charge is 2.26. The molecule has 1 aromatic heterocycles. The monoisotopic (exact) mass is 332 g/mol. The molecule has 0 radical (unpaired) electrons. The number of aliphatic hydroxyl groups excluding tert-OH is 1. The first kappa shape index (κ1) is 16.0. The standard InChI is InChI=1S/C13H18BrFN2O2/c1-3-4-5-13(2,8-18)17-12(19)11-10(14)6-9(15)7-16-11/h6-7,18H,3-5,8H2,1-2H3,(H,17,19)/t13-/m1/s1. The number of hydrogen-bond donors (Lipinski definition) is 2. The lowest BCUT2D eigenvalue weighted by molar-refractivity contribution is 0.0833. The van der Waals surface area contributed by atoms with Gasteiger partial charge in [-0.3, -0.25) is 4.79 Å². The summed E-state index contributed by atoms with van der Waals surface area (Å²) in [6.45, 7) is 3.66. The first-order valence-electron chi connectivity index (χ1n) is 6.16. The number of halogens is 2. The Hall–Kier alpha value is -1.01. The summed E-state index contributed by atoms with van der Waals surface area (Å²) >= 11 is 3.10. The van der Waals surface area contributed by atoms with E-state index in [1.165, 1.54) is 6.07 Å². The summed E-state index contributed by atoms with van der Waals surface area (Å²) in [5.74, 6) is -0.946. The van der Waals surface area contributed by atoms with E-state index in [0.717, 1.165) is 19.0 Å². The topological polar surface area (TPSA) is 62.2 Å². The molecule has 2 N–H and O–H groups in total. The average Bonchev–Trinajstić information content (AvgIpc) is 2.36. The lowest BCUT2D eigenvalue weighted by Crippen LogP contribution is -2.49. The van der Waals surface area contributed by atoms with Gasteiger partial charge in [0.1, 0.15) is 11.5 Å². The van der Waals surface area contributed by atoms with Crippen LogP contribution in [0, 0.1) is 5.82 Å². The van der Waals surface area contributed by atoms with Crippen LogP contribution in [0.3, 0.4) is 0 Å². The van der Waals surface area contributed by atoms with Gasteiger partial charge in [-0.2, -0.15) is 0 Å². The minimum atomic E-state index is -0.692. The van der Waals surface area contributed by atoms with Crippen LogP contribution in [0.2, 0.25) is 0 Å². The first-order valence-corrected chi connectivity index (χ1v) is 6.95. The highest BCUT2D eigenvalue weighted by Crippen LogP contribution is 2.18. The van der Waals surface area contributed by atoms with Crippen LogP contribution in [0.5, 0.6) is 0 Å². The van der Waals surface area contributed by atoms with Crippen molar-refractivity contribution in [1.82, 2.24) is 10.3 Å². The predicted molar refractivity (Wildman–Crippen MR) is 74.4 cm³/mol. The third-order valence-corrected chi connectivity index (χ3v) is 3.47. The van der Waals surface area contributed by atoms with E-state index in [1.54, 1.807) is 6.92 Å². The van der Waals surface area contributed by atoms with Crippen LogP contribution in [0.25, 0.3) is 0 Å². The maximum atomic E-state index is 12.9. The SMILES string of the molecule is CCCC[C@](C)(CO)NC(=O)c1ncc(F)cc1Br. The van der Waals surface area contributed by atoms with E-state index in [9.17, 15) is 14.3 Å². The number of amides is 1. The molecule has 0 aromatic carbocycles. The summed E-state index contributed by atoms with van der Waals surface area (Å²) in [6.07, 6.45) is 3.53. The van der Waals surface area contributed by atoms with Crippen LogP contribution >= 0.6 is 15.9 Å². The molecule has 1 atom stereocenters. The van der Waals surface area contributed by atoms with Crippen LogP contribution in [-0.4, -0.2) is 28.1 Å². The van der Waals surface area contributed by atoms with Gasteiger partial charge in [0.05, 0.1) is 22.8 Å². The number of nitrogens with zero attached hydrogens (tertiary/aromatic N) is 1. The van der Waals surface area contributed by atoms with Crippen molar-refractivity contribution >= 4 is 21.8 Å². The maximum absolute atomic E-state index is 12.9. The molecule has 0 aliphatic rings. The number of aliphatic hydroxyl groups is 1. The van der Waals surface area contributed by atoms with Gasteiger partial charge in [0, 0.05) is 0 Å². The number of unbranched alkanes of at least 4 members (excludes halogenated alkanes) is 1. The third kappa shape index (κ3) is 4.54. The molecule has 1 amide bonds. The molecule has 19 heavy (non-hydrogen) atoms. The molecule has 4 nitrogen and oxygen atoms in total. The number of rotatable bonds is 6. The van der Waals surface area contributed by atoms with E-state index < -0.39 is 17.3 Å². The van der Waals surface area contributed by atoms with E-state index in [1.807, 2.05) is 6.92 Å². The van der Waals surface area contributed by atoms with Crippen LogP contribution in [0.4, 0.5) is 4.39 Å². The number of nitrogens with one attached hydrogen (secondary N) is 1. The molecule has 0 aliphatic carbocycles. The Morgan fingerprint density at radius 2 is 2.32 bits per heavy atom.